The second kappa shape index (κ2) is 6.52. The van der Waals surface area contributed by atoms with Crippen LogP contribution in [0.25, 0.3) is 0 Å². The molecule has 0 spiro atoms. The number of nitrogens with zero attached hydrogens (tertiary/aromatic N) is 2. The molecule has 1 aromatic heterocycles. The Morgan fingerprint density at radius 1 is 1.04 bits per heavy atom. The van der Waals surface area contributed by atoms with Crippen LogP contribution in [-0.4, -0.2) is 18.0 Å². The Morgan fingerprint density at radius 2 is 1.81 bits per heavy atom. The van der Waals surface area contributed by atoms with Crippen LogP contribution in [0.4, 0.5) is 11.4 Å². The van der Waals surface area contributed by atoms with Crippen LogP contribution in [0.15, 0.2) is 66.9 Å². The minimum absolute atomic E-state index is 0.0654. The summed E-state index contributed by atoms with van der Waals surface area (Å²) in [5, 5.41) is 3.48. The number of hydrogen-bond donors (Lipinski definition) is 1. The highest BCUT2D eigenvalue weighted by molar-refractivity contribution is 6.11. The van der Waals surface area contributed by atoms with E-state index in [4.69, 9.17) is 4.74 Å². The largest absolute Gasteiger partial charge is 0.497 e. The second-order valence-corrected chi connectivity index (χ2v) is 6.17. The van der Waals surface area contributed by atoms with Gasteiger partial charge < -0.3 is 10.1 Å². The minimum atomic E-state index is -0.367. The summed E-state index contributed by atoms with van der Waals surface area (Å²) in [6, 6.07) is 19.1. The monoisotopic (exact) mass is 345 g/mol. The number of ether oxygens (including phenoxy) is 1. The number of hydrogen-bond acceptors (Lipinski definition) is 4. The van der Waals surface area contributed by atoms with Crippen molar-refractivity contribution in [3.63, 3.8) is 0 Å². The zero-order valence-corrected chi connectivity index (χ0v) is 14.6. The van der Waals surface area contributed by atoms with Gasteiger partial charge >= 0.3 is 0 Å². The number of fused-ring (bicyclic) bond motifs is 1. The summed E-state index contributed by atoms with van der Waals surface area (Å²) in [6.45, 7) is 2.04. The number of amides is 1. The predicted molar refractivity (Wildman–Crippen MR) is 102 cm³/mol. The van der Waals surface area contributed by atoms with E-state index in [1.165, 1.54) is 0 Å². The molecule has 4 rings (SSSR count). The van der Waals surface area contributed by atoms with Gasteiger partial charge in [-0.3, -0.25) is 14.7 Å². The Hall–Kier alpha value is -3.34. The van der Waals surface area contributed by atoms with Gasteiger partial charge in [0.25, 0.3) is 5.91 Å². The van der Waals surface area contributed by atoms with Gasteiger partial charge in [0.2, 0.25) is 0 Å². The van der Waals surface area contributed by atoms with E-state index in [1.807, 2.05) is 61.5 Å². The number of benzene rings is 2. The number of rotatable bonds is 4. The third kappa shape index (κ3) is 2.67. The molecule has 2 heterocycles. The molecule has 26 heavy (non-hydrogen) atoms. The van der Waals surface area contributed by atoms with Gasteiger partial charge in [0.05, 0.1) is 18.4 Å². The van der Waals surface area contributed by atoms with Crippen LogP contribution >= 0.6 is 0 Å². The normalized spacial score (nSPS) is 15.7. The van der Waals surface area contributed by atoms with Crippen molar-refractivity contribution in [2.24, 2.45) is 0 Å². The topological polar surface area (TPSA) is 54.5 Å². The smallest absolute Gasteiger partial charge is 0.262 e. The maximum Gasteiger partial charge on any atom is 0.262 e. The Balaban J connectivity index is 1.78. The lowest BCUT2D eigenvalue weighted by atomic mass is 10.1. The summed E-state index contributed by atoms with van der Waals surface area (Å²) in [5.41, 5.74) is 4.23. The molecule has 0 aliphatic carbocycles. The molecule has 5 nitrogen and oxygen atoms in total. The molecule has 2 aromatic carbocycles. The molecule has 0 bridgehead atoms. The Labute approximate surface area is 152 Å². The molecule has 130 valence electrons. The number of pyridine rings is 1. The Bertz CT molecular complexity index is 953. The van der Waals surface area contributed by atoms with Gasteiger partial charge in [0.15, 0.2) is 6.17 Å². The van der Waals surface area contributed by atoms with E-state index in [1.54, 1.807) is 24.3 Å². The van der Waals surface area contributed by atoms with Crippen LogP contribution in [0.2, 0.25) is 0 Å². The first kappa shape index (κ1) is 16.1. The summed E-state index contributed by atoms with van der Waals surface area (Å²) in [5.74, 6) is 0.684. The molecule has 0 saturated heterocycles. The first-order valence-electron chi connectivity index (χ1n) is 8.44. The number of nitrogens with one attached hydrogen (secondary N) is 1. The fraction of sp³-hybridized carbons (Fsp3) is 0.143. The number of anilines is 2. The molecule has 5 heteroatoms. The summed E-state index contributed by atoms with van der Waals surface area (Å²) in [6.07, 6.45) is 1.35. The van der Waals surface area contributed by atoms with Crippen molar-refractivity contribution in [2.75, 3.05) is 17.3 Å². The molecule has 1 aliphatic rings. The summed E-state index contributed by atoms with van der Waals surface area (Å²) < 4.78 is 5.23. The summed E-state index contributed by atoms with van der Waals surface area (Å²) >= 11 is 0. The van der Waals surface area contributed by atoms with Crippen molar-refractivity contribution >= 4 is 17.3 Å². The fourth-order valence-corrected chi connectivity index (χ4v) is 3.21. The summed E-state index contributed by atoms with van der Waals surface area (Å²) in [7, 11) is 1.62. The minimum Gasteiger partial charge on any atom is -0.497 e. The Kier molecular flexibility index (Phi) is 4.05. The summed E-state index contributed by atoms with van der Waals surface area (Å²) in [4.78, 5) is 19.3. The molecule has 3 aromatic rings. The van der Waals surface area contributed by atoms with Gasteiger partial charge in [-0.2, -0.15) is 0 Å². The van der Waals surface area contributed by atoms with Crippen molar-refractivity contribution < 1.29 is 9.53 Å². The number of aromatic nitrogens is 1. The lowest BCUT2D eigenvalue weighted by Crippen LogP contribution is -2.32. The Morgan fingerprint density at radius 3 is 2.54 bits per heavy atom. The van der Waals surface area contributed by atoms with Crippen molar-refractivity contribution in [3.05, 3.63) is 83.7 Å². The van der Waals surface area contributed by atoms with Crippen molar-refractivity contribution in [1.29, 1.82) is 0 Å². The third-order valence-corrected chi connectivity index (χ3v) is 4.59. The van der Waals surface area contributed by atoms with E-state index in [9.17, 15) is 4.79 Å². The quantitative estimate of drug-likeness (QED) is 0.771. The second-order valence-electron chi connectivity index (χ2n) is 6.17. The van der Waals surface area contributed by atoms with Gasteiger partial charge in [0, 0.05) is 17.6 Å². The average Bonchev–Trinajstić information content (AvgIpc) is 2.96. The first-order chi connectivity index (χ1) is 12.7. The van der Waals surface area contributed by atoms with Gasteiger partial charge in [0.1, 0.15) is 5.75 Å². The van der Waals surface area contributed by atoms with E-state index >= 15 is 0 Å². The molecule has 1 N–H and O–H groups in total. The van der Waals surface area contributed by atoms with Crippen LogP contribution < -0.4 is 15.0 Å². The number of carbonyl (C=O) groups excluding carboxylic acids is 1. The van der Waals surface area contributed by atoms with Crippen molar-refractivity contribution in [1.82, 2.24) is 4.98 Å². The van der Waals surface area contributed by atoms with Crippen LogP contribution in [-0.2, 0) is 0 Å². The standard InChI is InChI=1S/C21H19N3O2/c1-14-6-3-4-8-18(14)23-20-19-17(7-5-13-22-19)21(25)24(20)15-9-11-16(26-2)12-10-15/h3-13,20,23H,1-2H3. The maximum absolute atomic E-state index is 13.1. The van der Waals surface area contributed by atoms with E-state index in [0.29, 0.717) is 5.56 Å². The highest BCUT2D eigenvalue weighted by Gasteiger charge is 2.39. The molecule has 1 amide bonds. The van der Waals surface area contributed by atoms with Gasteiger partial charge in [-0.25, -0.2) is 0 Å². The van der Waals surface area contributed by atoms with Crippen molar-refractivity contribution in [2.45, 2.75) is 13.1 Å². The molecular formula is C21H19N3O2. The zero-order valence-electron chi connectivity index (χ0n) is 14.6. The molecule has 1 atom stereocenters. The van der Waals surface area contributed by atoms with Crippen LogP contribution in [0, 0.1) is 6.92 Å². The highest BCUT2D eigenvalue weighted by Crippen LogP contribution is 2.37. The first-order valence-corrected chi connectivity index (χ1v) is 8.44. The maximum atomic E-state index is 13.1. The molecular weight excluding hydrogens is 326 g/mol. The van der Waals surface area contributed by atoms with Gasteiger partial charge in [-0.15, -0.1) is 0 Å². The molecule has 0 fully saturated rings. The number of carbonyl (C=O) groups is 1. The van der Waals surface area contributed by atoms with Gasteiger partial charge in [-0.1, -0.05) is 18.2 Å². The highest BCUT2D eigenvalue weighted by atomic mass is 16.5. The molecule has 0 saturated carbocycles. The SMILES string of the molecule is COc1ccc(N2C(=O)c3cccnc3C2Nc2ccccc2C)cc1. The van der Waals surface area contributed by atoms with Gasteiger partial charge in [-0.05, 0) is 55.0 Å². The van der Waals surface area contributed by atoms with Crippen LogP contribution in [0.5, 0.6) is 5.75 Å². The predicted octanol–water partition coefficient (Wildman–Crippen LogP) is 4.17. The average molecular weight is 345 g/mol. The van der Waals surface area contributed by atoms with Crippen molar-refractivity contribution in [3.8, 4) is 5.75 Å². The van der Waals surface area contributed by atoms with E-state index in [2.05, 4.69) is 10.3 Å². The molecule has 1 unspecified atom stereocenters. The zero-order chi connectivity index (χ0) is 18.1. The lowest BCUT2D eigenvalue weighted by molar-refractivity contribution is 0.0993. The number of methoxy groups -OCH3 is 1. The number of para-hydroxylation sites is 1. The van der Waals surface area contributed by atoms with E-state index in [-0.39, 0.29) is 12.1 Å². The van der Waals surface area contributed by atoms with E-state index < -0.39 is 0 Å². The lowest BCUT2D eigenvalue weighted by Gasteiger charge is -2.27. The number of aryl methyl sites for hydroxylation is 1. The third-order valence-electron chi connectivity index (χ3n) is 4.59. The molecule has 0 radical (unpaired) electrons. The van der Waals surface area contributed by atoms with E-state index in [0.717, 1.165) is 28.4 Å². The van der Waals surface area contributed by atoms with Crippen LogP contribution in [0.3, 0.4) is 0 Å². The fourth-order valence-electron chi connectivity index (χ4n) is 3.21. The molecule has 1 aliphatic heterocycles. The van der Waals surface area contributed by atoms with Crippen LogP contribution in [0.1, 0.15) is 27.8 Å².